The Morgan fingerprint density at radius 2 is 2.40 bits per heavy atom. The Balaban J connectivity index is 2.84. The number of nitriles is 1. The zero-order valence-electron chi connectivity index (χ0n) is 7.46. The molecule has 0 aliphatic heterocycles. The van der Waals surface area contributed by atoms with Crippen LogP contribution in [0.25, 0.3) is 0 Å². The predicted molar refractivity (Wildman–Crippen MR) is 65.0 cm³/mol. The molecular formula is C9H6BrClN2OS. The summed E-state index contributed by atoms with van der Waals surface area (Å²) in [5.41, 5.74) is 0.642. The van der Waals surface area contributed by atoms with Crippen LogP contribution in [0.3, 0.4) is 0 Å². The molecule has 3 nitrogen and oxygen atoms in total. The lowest BCUT2D eigenvalue weighted by Gasteiger charge is -2.06. The van der Waals surface area contributed by atoms with Gasteiger partial charge in [-0.2, -0.15) is 5.26 Å². The van der Waals surface area contributed by atoms with E-state index in [9.17, 15) is 4.79 Å². The van der Waals surface area contributed by atoms with Crippen LogP contribution < -0.4 is 5.32 Å². The number of thiocyanates is 1. The highest BCUT2D eigenvalue weighted by Crippen LogP contribution is 2.28. The lowest BCUT2D eigenvalue weighted by Crippen LogP contribution is -2.12. The molecule has 0 saturated heterocycles. The molecule has 78 valence electrons. The van der Waals surface area contributed by atoms with Crippen LogP contribution in [0.2, 0.25) is 0 Å². The average Bonchev–Trinajstić information content (AvgIpc) is 2.22. The van der Waals surface area contributed by atoms with Gasteiger partial charge in [0.25, 0.3) is 0 Å². The largest absolute Gasteiger partial charge is 0.324 e. The fourth-order valence-corrected chi connectivity index (χ4v) is 2.01. The number of hydrogen-bond acceptors (Lipinski definition) is 3. The van der Waals surface area contributed by atoms with E-state index in [1.807, 2.05) is 5.40 Å². The van der Waals surface area contributed by atoms with Gasteiger partial charge in [-0.1, -0.05) is 0 Å². The summed E-state index contributed by atoms with van der Waals surface area (Å²) in [5, 5.41) is 13.1. The number of anilines is 1. The maximum Gasteiger partial charge on any atom is 0.239 e. The molecule has 0 heterocycles. The van der Waals surface area contributed by atoms with Crippen LogP contribution in [-0.2, 0) is 4.79 Å². The number of benzene rings is 1. The summed E-state index contributed by atoms with van der Waals surface area (Å²) in [5.74, 6) is -0.348. The minimum Gasteiger partial charge on any atom is -0.324 e. The van der Waals surface area contributed by atoms with E-state index >= 15 is 0 Å². The van der Waals surface area contributed by atoms with E-state index in [4.69, 9.17) is 16.9 Å². The molecule has 15 heavy (non-hydrogen) atoms. The van der Waals surface area contributed by atoms with Gasteiger partial charge < -0.3 is 5.32 Å². The number of rotatable bonds is 3. The number of carbonyl (C=O) groups excluding carboxylic acids is 1. The van der Waals surface area contributed by atoms with Gasteiger partial charge in [0, 0.05) is 9.37 Å². The van der Waals surface area contributed by atoms with Crippen LogP contribution >= 0.6 is 39.3 Å². The van der Waals surface area contributed by atoms with Crippen LogP contribution in [-0.4, -0.2) is 11.8 Å². The molecule has 0 aliphatic carbocycles. The second-order valence-electron chi connectivity index (χ2n) is 2.52. The molecule has 0 bridgehead atoms. The van der Waals surface area contributed by atoms with Gasteiger partial charge in [0.1, 0.15) is 11.3 Å². The topological polar surface area (TPSA) is 52.9 Å². The van der Waals surface area contributed by atoms with E-state index in [1.165, 1.54) is 0 Å². The first-order chi connectivity index (χ1) is 7.17. The molecule has 1 N–H and O–H groups in total. The highest BCUT2D eigenvalue weighted by molar-refractivity contribution is 9.10. The van der Waals surface area contributed by atoms with Crippen LogP contribution in [0.4, 0.5) is 5.69 Å². The summed E-state index contributed by atoms with van der Waals surface area (Å²) in [4.78, 5) is 11.8. The third-order valence-electron chi connectivity index (χ3n) is 1.50. The fraction of sp³-hybridized carbons (Fsp3) is 0.111. The smallest absolute Gasteiger partial charge is 0.239 e. The monoisotopic (exact) mass is 304 g/mol. The number of amides is 1. The zero-order valence-corrected chi connectivity index (χ0v) is 10.6. The van der Waals surface area contributed by atoms with Gasteiger partial charge in [-0.05, 0) is 45.9 Å². The summed E-state index contributed by atoms with van der Waals surface area (Å²) < 4.78 is 0.723. The Hall–Kier alpha value is -0.700. The highest BCUT2D eigenvalue weighted by atomic mass is 79.9. The third kappa shape index (κ3) is 3.74. The predicted octanol–water partition coefficient (Wildman–Crippen LogP) is 3.20. The molecule has 6 heteroatoms. The Morgan fingerprint density at radius 1 is 1.67 bits per heavy atom. The van der Waals surface area contributed by atoms with Crippen molar-refractivity contribution in [3.63, 3.8) is 0 Å². The summed E-state index contributed by atoms with van der Waals surface area (Å²) in [7, 11) is 0. The SMILES string of the molecule is N#CSc1ccc(NC(=O)CCl)c(Br)c1. The van der Waals surface area contributed by atoms with Gasteiger partial charge in [0.2, 0.25) is 5.91 Å². The quantitative estimate of drug-likeness (QED) is 0.530. The number of thioether (sulfide) groups is 1. The van der Waals surface area contributed by atoms with Crippen LogP contribution in [0.1, 0.15) is 0 Å². The molecule has 0 atom stereocenters. The molecule has 0 fully saturated rings. The Bertz CT molecular complexity index is 419. The van der Waals surface area contributed by atoms with E-state index < -0.39 is 0 Å². The molecule has 1 rings (SSSR count). The minimum absolute atomic E-state index is 0.0822. The highest BCUT2D eigenvalue weighted by Gasteiger charge is 2.05. The van der Waals surface area contributed by atoms with Gasteiger partial charge >= 0.3 is 0 Å². The molecule has 0 radical (unpaired) electrons. The van der Waals surface area contributed by atoms with Crippen molar-refractivity contribution in [1.82, 2.24) is 0 Å². The Kier molecular flexibility index (Phi) is 4.95. The van der Waals surface area contributed by atoms with Gasteiger partial charge in [0.15, 0.2) is 0 Å². The maximum absolute atomic E-state index is 11.0. The second kappa shape index (κ2) is 6.01. The number of alkyl halides is 1. The third-order valence-corrected chi connectivity index (χ3v) is 2.98. The number of hydrogen-bond donors (Lipinski definition) is 1. The first kappa shape index (κ1) is 12.4. The van der Waals surface area contributed by atoms with Crippen molar-refractivity contribution in [3.05, 3.63) is 22.7 Å². The van der Waals surface area contributed by atoms with Gasteiger partial charge in [-0.15, -0.1) is 11.6 Å². The zero-order chi connectivity index (χ0) is 11.3. The molecule has 0 spiro atoms. The van der Waals surface area contributed by atoms with Crippen molar-refractivity contribution in [2.75, 3.05) is 11.2 Å². The summed E-state index contributed by atoms with van der Waals surface area (Å²) in [6, 6.07) is 5.23. The lowest BCUT2D eigenvalue weighted by atomic mass is 10.3. The first-order valence-corrected chi connectivity index (χ1v) is 6.03. The van der Waals surface area contributed by atoms with Gasteiger partial charge in [0.05, 0.1) is 5.69 Å². The molecule has 0 unspecified atom stereocenters. The van der Waals surface area contributed by atoms with Crippen molar-refractivity contribution >= 4 is 50.9 Å². The van der Waals surface area contributed by atoms with Crippen molar-refractivity contribution in [2.45, 2.75) is 4.90 Å². The molecule has 0 saturated carbocycles. The van der Waals surface area contributed by atoms with Gasteiger partial charge in [-0.25, -0.2) is 0 Å². The molecule has 1 amide bonds. The van der Waals surface area contributed by atoms with Gasteiger partial charge in [-0.3, -0.25) is 4.79 Å². The molecule has 0 aliphatic rings. The molecule has 0 aromatic heterocycles. The Morgan fingerprint density at radius 3 is 2.93 bits per heavy atom. The summed E-state index contributed by atoms with van der Waals surface area (Å²) in [6.45, 7) is 0. The van der Waals surface area contributed by atoms with Crippen LogP contribution in [0.15, 0.2) is 27.6 Å². The van der Waals surface area contributed by atoms with E-state index in [-0.39, 0.29) is 11.8 Å². The average molecular weight is 306 g/mol. The van der Waals surface area contributed by atoms with Crippen molar-refractivity contribution in [2.24, 2.45) is 0 Å². The Labute approximate surface area is 105 Å². The normalized spacial score (nSPS) is 9.40. The number of carbonyl (C=O) groups is 1. The van der Waals surface area contributed by atoms with Crippen molar-refractivity contribution < 1.29 is 4.79 Å². The molecule has 1 aromatic rings. The summed E-state index contributed by atoms with van der Waals surface area (Å²) in [6.07, 6.45) is 0. The van der Waals surface area contributed by atoms with E-state index in [1.54, 1.807) is 18.2 Å². The van der Waals surface area contributed by atoms with E-state index in [0.29, 0.717) is 5.69 Å². The molecular weight excluding hydrogens is 300 g/mol. The number of halogens is 2. The summed E-state index contributed by atoms with van der Waals surface area (Å²) >= 11 is 9.71. The number of nitrogens with one attached hydrogen (secondary N) is 1. The minimum atomic E-state index is -0.266. The maximum atomic E-state index is 11.0. The van der Waals surface area contributed by atoms with E-state index in [2.05, 4.69) is 21.2 Å². The van der Waals surface area contributed by atoms with Crippen LogP contribution in [0, 0.1) is 10.7 Å². The first-order valence-electron chi connectivity index (χ1n) is 3.88. The van der Waals surface area contributed by atoms with Crippen molar-refractivity contribution in [1.29, 1.82) is 5.26 Å². The van der Waals surface area contributed by atoms with E-state index in [0.717, 1.165) is 21.1 Å². The lowest BCUT2D eigenvalue weighted by molar-refractivity contribution is -0.113. The fourth-order valence-electron chi connectivity index (χ4n) is 0.897. The standard InChI is InChI=1S/C9H6BrClN2OS/c10-7-3-6(15-5-12)1-2-8(7)13-9(14)4-11/h1-3H,4H2,(H,13,14). The molecule has 1 aromatic carbocycles. The van der Waals surface area contributed by atoms with Crippen molar-refractivity contribution in [3.8, 4) is 5.40 Å². The van der Waals surface area contributed by atoms with Crippen LogP contribution in [0.5, 0.6) is 0 Å². The second-order valence-corrected chi connectivity index (χ2v) is 4.50. The number of nitrogens with zero attached hydrogens (tertiary/aromatic N) is 1.